The normalized spacial score (nSPS) is 16.2. The second-order valence-electron chi connectivity index (χ2n) is 6.67. The number of halogens is 1. The van der Waals surface area contributed by atoms with E-state index < -0.39 is 23.7 Å². The lowest BCUT2D eigenvalue weighted by atomic mass is 10.1. The van der Waals surface area contributed by atoms with Crippen LogP contribution in [0.15, 0.2) is 53.4 Å². The summed E-state index contributed by atoms with van der Waals surface area (Å²) in [5.74, 6) is -1.25. The van der Waals surface area contributed by atoms with Crippen molar-refractivity contribution in [2.24, 2.45) is 0 Å². The number of carbonyl (C=O) groups excluding carboxylic acids is 2. The summed E-state index contributed by atoms with van der Waals surface area (Å²) in [6.45, 7) is -0.276. The summed E-state index contributed by atoms with van der Waals surface area (Å²) in [7, 11) is 1.51. The molecule has 2 N–H and O–H groups in total. The number of aliphatic hydroxyl groups excluding tert-OH is 1. The second-order valence-corrected chi connectivity index (χ2v) is 8.35. The molecule has 1 aliphatic rings. The predicted octanol–water partition coefficient (Wildman–Crippen LogP) is 2.92. The van der Waals surface area contributed by atoms with Crippen molar-refractivity contribution in [1.82, 2.24) is 9.80 Å². The molecule has 9 heteroatoms. The number of aliphatic hydroxyl groups is 1. The van der Waals surface area contributed by atoms with Gasteiger partial charge in [-0.3, -0.25) is 14.5 Å². The first-order chi connectivity index (χ1) is 14.3. The molecule has 0 spiro atoms. The lowest BCUT2D eigenvalue weighted by Gasteiger charge is -2.23. The van der Waals surface area contributed by atoms with Crippen molar-refractivity contribution in [2.45, 2.75) is 6.10 Å². The van der Waals surface area contributed by atoms with Crippen LogP contribution in [0.5, 0.6) is 5.75 Å². The van der Waals surface area contributed by atoms with Crippen LogP contribution in [-0.2, 0) is 9.59 Å². The minimum Gasteiger partial charge on any atom is -0.508 e. The molecular weight excluding hydrogens is 427 g/mol. The molecule has 1 fully saturated rings. The summed E-state index contributed by atoms with van der Waals surface area (Å²) >= 11 is 6.22. The number of likely N-dealkylation sites (N-methyl/N-ethyl adjacent to an activating group) is 1. The number of nitrogens with zero attached hydrogens (tertiary/aromatic N) is 2. The molecule has 2 amide bonds. The van der Waals surface area contributed by atoms with Gasteiger partial charge in [0.05, 0.1) is 17.6 Å². The van der Waals surface area contributed by atoms with Gasteiger partial charge in [0, 0.05) is 12.6 Å². The number of phenolic OH excluding ortho intramolecular Hbond substituents is 1. The van der Waals surface area contributed by atoms with E-state index in [2.05, 4.69) is 0 Å². The lowest BCUT2D eigenvalue weighted by Crippen LogP contribution is -2.41. The fourth-order valence-corrected chi connectivity index (χ4v) is 4.03. The van der Waals surface area contributed by atoms with Crippen molar-refractivity contribution in [1.29, 1.82) is 0 Å². The SMILES string of the molecule is CN(C[C@H](O)c1ccc(O)cc1)C(=O)CN1C(=O)/C(=C/c2ccccc2F)SC1=S. The molecule has 3 rings (SSSR count). The zero-order valence-electron chi connectivity index (χ0n) is 16.0. The molecule has 0 bridgehead atoms. The Morgan fingerprint density at radius 1 is 1.27 bits per heavy atom. The summed E-state index contributed by atoms with van der Waals surface area (Å²) in [5, 5.41) is 19.6. The van der Waals surface area contributed by atoms with Crippen LogP contribution < -0.4 is 0 Å². The van der Waals surface area contributed by atoms with Gasteiger partial charge in [-0.25, -0.2) is 4.39 Å². The van der Waals surface area contributed by atoms with E-state index in [1.165, 1.54) is 41.1 Å². The Kier molecular flexibility index (Phi) is 6.86. The Morgan fingerprint density at radius 2 is 1.93 bits per heavy atom. The minimum absolute atomic E-state index is 0.00344. The Morgan fingerprint density at radius 3 is 2.60 bits per heavy atom. The van der Waals surface area contributed by atoms with Crippen LogP contribution >= 0.6 is 24.0 Å². The molecule has 0 unspecified atom stereocenters. The van der Waals surface area contributed by atoms with Gasteiger partial charge >= 0.3 is 0 Å². The van der Waals surface area contributed by atoms with E-state index in [4.69, 9.17) is 12.2 Å². The number of hydrogen-bond donors (Lipinski definition) is 2. The molecular formula is C21H19FN2O4S2. The van der Waals surface area contributed by atoms with Gasteiger partial charge in [0.2, 0.25) is 5.91 Å². The van der Waals surface area contributed by atoms with Crippen molar-refractivity contribution in [3.8, 4) is 5.75 Å². The van der Waals surface area contributed by atoms with Crippen molar-refractivity contribution in [2.75, 3.05) is 20.1 Å². The van der Waals surface area contributed by atoms with Gasteiger partial charge in [0.25, 0.3) is 5.91 Å². The van der Waals surface area contributed by atoms with Crippen molar-refractivity contribution in [3.63, 3.8) is 0 Å². The van der Waals surface area contributed by atoms with Crippen LogP contribution in [0, 0.1) is 5.82 Å². The zero-order chi connectivity index (χ0) is 21.8. The fraction of sp³-hybridized carbons (Fsp3) is 0.190. The number of amides is 2. The third kappa shape index (κ3) is 5.05. The standard InChI is InChI=1S/C21H19FN2O4S2/c1-23(11-17(26)13-6-8-15(25)9-7-13)19(27)12-24-20(28)18(30-21(24)29)10-14-4-2-3-5-16(14)22/h2-10,17,25-26H,11-12H2,1H3/b18-10-/t17-/m0/s1. The van der Waals surface area contributed by atoms with Crippen LogP contribution in [0.25, 0.3) is 6.08 Å². The summed E-state index contributed by atoms with van der Waals surface area (Å²) < 4.78 is 14.1. The molecule has 1 atom stereocenters. The van der Waals surface area contributed by atoms with Gasteiger partial charge in [-0.15, -0.1) is 0 Å². The maximum absolute atomic E-state index is 13.9. The first kappa shape index (κ1) is 21.9. The highest BCUT2D eigenvalue weighted by molar-refractivity contribution is 8.26. The molecule has 30 heavy (non-hydrogen) atoms. The molecule has 1 aliphatic heterocycles. The van der Waals surface area contributed by atoms with E-state index in [9.17, 15) is 24.2 Å². The Bertz CT molecular complexity index is 1010. The van der Waals surface area contributed by atoms with Gasteiger partial charge < -0.3 is 15.1 Å². The molecule has 1 heterocycles. The molecule has 6 nitrogen and oxygen atoms in total. The fourth-order valence-electron chi connectivity index (χ4n) is 2.79. The molecule has 2 aromatic rings. The van der Waals surface area contributed by atoms with Gasteiger partial charge in [0.1, 0.15) is 22.4 Å². The first-order valence-corrected chi connectivity index (χ1v) is 10.2. The zero-order valence-corrected chi connectivity index (χ0v) is 17.6. The van der Waals surface area contributed by atoms with Gasteiger partial charge in [-0.05, 0) is 29.8 Å². The predicted molar refractivity (Wildman–Crippen MR) is 117 cm³/mol. The summed E-state index contributed by atoms with van der Waals surface area (Å²) in [5.41, 5.74) is 0.810. The average Bonchev–Trinajstić information content (AvgIpc) is 2.97. The van der Waals surface area contributed by atoms with Gasteiger partial charge in [-0.1, -0.05) is 54.3 Å². The first-order valence-electron chi connectivity index (χ1n) is 8.97. The molecule has 0 aromatic heterocycles. The van der Waals surface area contributed by atoms with Gasteiger partial charge in [0.15, 0.2) is 0 Å². The number of carbonyl (C=O) groups is 2. The molecule has 0 aliphatic carbocycles. The summed E-state index contributed by atoms with van der Waals surface area (Å²) in [6, 6.07) is 12.1. The highest BCUT2D eigenvalue weighted by Crippen LogP contribution is 2.33. The third-order valence-corrected chi connectivity index (χ3v) is 5.89. The largest absolute Gasteiger partial charge is 0.508 e. The average molecular weight is 447 g/mol. The van der Waals surface area contributed by atoms with E-state index >= 15 is 0 Å². The smallest absolute Gasteiger partial charge is 0.266 e. The monoisotopic (exact) mass is 446 g/mol. The Labute approximate surface area is 182 Å². The van der Waals surface area contributed by atoms with Crippen molar-refractivity contribution < 1.29 is 24.2 Å². The van der Waals surface area contributed by atoms with Gasteiger partial charge in [-0.2, -0.15) is 0 Å². The van der Waals surface area contributed by atoms with Crippen LogP contribution in [0.3, 0.4) is 0 Å². The minimum atomic E-state index is -0.952. The van der Waals surface area contributed by atoms with Crippen LogP contribution in [0.2, 0.25) is 0 Å². The maximum atomic E-state index is 13.9. The Balaban J connectivity index is 1.64. The third-order valence-electron chi connectivity index (χ3n) is 4.51. The van der Waals surface area contributed by atoms with E-state index in [0.717, 1.165) is 11.8 Å². The van der Waals surface area contributed by atoms with Crippen LogP contribution in [0.1, 0.15) is 17.2 Å². The number of aromatic hydroxyl groups is 1. The number of benzene rings is 2. The maximum Gasteiger partial charge on any atom is 0.266 e. The number of thiocarbonyl (C=S) groups is 1. The number of rotatable bonds is 6. The van der Waals surface area contributed by atoms with Crippen molar-refractivity contribution >= 4 is 46.2 Å². The second kappa shape index (κ2) is 9.38. The molecule has 0 saturated carbocycles. The highest BCUT2D eigenvalue weighted by Gasteiger charge is 2.34. The lowest BCUT2D eigenvalue weighted by molar-refractivity contribution is -0.135. The molecule has 0 radical (unpaired) electrons. The molecule has 2 aromatic carbocycles. The molecule has 1 saturated heterocycles. The van der Waals surface area contributed by atoms with Crippen molar-refractivity contribution in [3.05, 3.63) is 70.4 Å². The highest BCUT2D eigenvalue weighted by atomic mass is 32.2. The number of hydrogen-bond acceptors (Lipinski definition) is 6. The summed E-state index contributed by atoms with van der Waals surface area (Å²) in [4.78, 5) is 27.9. The van der Waals surface area contributed by atoms with E-state index in [1.807, 2.05) is 0 Å². The van der Waals surface area contributed by atoms with Crippen LogP contribution in [0.4, 0.5) is 4.39 Å². The Hall–Kier alpha value is -2.75. The quantitative estimate of drug-likeness (QED) is 0.525. The summed E-state index contributed by atoms with van der Waals surface area (Å²) in [6.07, 6.45) is 0.462. The topological polar surface area (TPSA) is 81.1 Å². The number of thioether (sulfide) groups is 1. The van der Waals surface area contributed by atoms with E-state index in [0.29, 0.717) is 5.56 Å². The van der Waals surface area contributed by atoms with E-state index in [1.54, 1.807) is 30.3 Å². The van der Waals surface area contributed by atoms with E-state index in [-0.39, 0.29) is 33.6 Å². The molecule has 156 valence electrons. The van der Waals surface area contributed by atoms with Crippen LogP contribution in [-0.4, -0.2) is 56.3 Å². The number of phenols is 1.